The van der Waals surface area contributed by atoms with Crippen molar-refractivity contribution in [3.63, 3.8) is 0 Å². The highest BCUT2D eigenvalue weighted by molar-refractivity contribution is 5.74. The molecule has 2 amide bonds. The Balaban J connectivity index is 1.38. The molecular formula is C17H31N3O2. The van der Waals surface area contributed by atoms with Gasteiger partial charge in [0.2, 0.25) is 0 Å². The van der Waals surface area contributed by atoms with E-state index in [4.69, 9.17) is 4.74 Å². The summed E-state index contributed by atoms with van der Waals surface area (Å²) in [6.45, 7) is 4.77. The molecule has 2 unspecified atom stereocenters. The molecule has 3 fully saturated rings. The van der Waals surface area contributed by atoms with Gasteiger partial charge >= 0.3 is 6.03 Å². The summed E-state index contributed by atoms with van der Waals surface area (Å²) in [5.41, 5.74) is 0. The zero-order valence-electron chi connectivity index (χ0n) is 13.9. The average molecular weight is 309 g/mol. The molecule has 0 aromatic carbocycles. The van der Waals surface area contributed by atoms with Crippen LogP contribution in [-0.2, 0) is 4.74 Å². The molecule has 0 radical (unpaired) electrons. The Morgan fingerprint density at radius 3 is 2.36 bits per heavy atom. The third-order valence-corrected chi connectivity index (χ3v) is 5.54. The Hall–Kier alpha value is -0.810. The number of rotatable bonds is 3. The maximum atomic E-state index is 12.3. The second-order valence-electron chi connectivity index (χ2n) is 7.18. The minimum Gasteiger partial charge on any atom is -0.377 e. The lowest BCUT2D eigenvalue weighted by molar-refractivity contribution is 0.107. The SMILES string of the molecule is CC1OCCC1NC1CCN(C(=O)NC2CCCCC2)CC1. The predicted octanol–water partition coefficient (Wildman–Crippen LogP) is 2.26. The summed E-state index contributed by atoms with van der Waals surface area (Å²) < 4.78 is 5.61. The fourth-order valence-corrected chi connectivity index (χ4v) is 4.02. The van der Waals surface area contributed by atoms with Gasteiger partial charge in [-0.05, 0) is 39.0 Å². The van der Waals surface area contributed by atoms with E-state index >= 15 is 0 Å². The van der Waals surface area contributed by atoms with Crippen molar-refractivity contribution in [2.24, 2.45) is 0 Å². The first-order valence-electron chi connectivity index (χ1n) is 9.15. The van der Waals surface area contributed by atoms with Crippen molar-refractivity contribution in [3.05, 3.63) is 0 Å². The summed E-state index contributed by atoms with van der Waals surface area (Å²) in [6.07, 6.45) is 9.72. The highest BCUT2D eigenvalue weighted by atomic mass is 16.5. The maximum Gasteiger partial charge on any atom is 0.317 e. The summed E-state index contributed by atoms with van der Waals surface area (Å²) in [7, 11) is 0. The Kier molecular flexibility index (Phi) is 5.58. The molecule has 3 aliphatic rings. The van der Waals surface area contributed by atoms with Crippen LogP contribution in [-0.4, -0.2) is 54.9 Å². The zero-order valence-corrected chi connectivity index (χ0v) is 13.9. The van der Waals surface area contributed by atoms with Gasteiger partial charge in [0.15, 0.2) is 0 Å². The lowest BCUT2D eigenvalue weighted by atomic mass is 9.95. The van der Waals surface area contributed by atoms with Crippen molar-refractivity contribution in [3.8, 4) is 0 Å². The quantitative estimate of drug-likeness (QED) is 0.841. The molecule has 0 spiro atoms. The van der Waals surface area contributed by atoms with E-state index in [9.17, 15) is 4.79 Å². The lowest BCUT2D eigenvalue weighted by Crippen LogP contribution is -2.52. The van der Waals surface area contributed by atoms with Gasteiger partial charge in [-0.15, -0.1) is 0 Å². The Morgan fingerprint density at radius 2 is 1.73 bits per heavy atom. The number of carbonyl (C=O) groups is 1. The fourth-order valence-electron chi connectivity index (χ4n) is 4.02. The van der Waals surface area contributed by atoms with Crippen LogP contribution in [0.4, 0.5) is 4.79 Å². The van der Waals surface area contributed by atoms with Crippen LogP contribution in [0.15, 0.2) is 0 Å². The van der Waals surface area contributed by atoms with Gasteiger partial charge in [0, 0.05) is 37.8 Å². The molecule has 5 nitrogen and oxygen atoms in total. The Labute approximate surface area is 134 Å². The molecule has 2 saturated heterocycles. The van der Waals surface area contributed by atoms with Crippen LogP contribution in [0.25, 0.3) is 0 Å². The van der Waals surface area contributed by atoms with E-state index < -0.39 is 0 Å². The van der Waals surface area contributed by atoms with Gasteiger partial charge < -0.3 is 20.3 Å². The van der Waals surface area contributed by atoms with E-state index in [1.165, 1.54) is 19.3 Å². The van der Waals surface area contributed by atoms with Crippen LogP contribution in [0.5, 0.6) is 0 Å². The summed E-state index contributed by atoms with van der Waals surface area (Å²) in [6, 6.07) is 1.59. The molecule has 2 heterocycles. The summed E-state index contributed by atoms with van der Waals surface area (Å²) in [5, 5.41) is 6.96. The first-order chi connectivity index (χ1) is 10.7. The number of amides is 2. The molecule has 2 atom stereocenters. The predicted molar refractivity (Wildman–Crippen MR) is 87.0 cm³/mol. The van der Waals surface area contributed by atoms with Gasteiger partial charge in [-0.1, -0.05) is 19.3 Å². The van der Waals surface area contributed by atoms with Crippen molar-refractivity contribution in [2.45, 2.75) is 82.5 Å². The number of nitrogens with zero attached hydrogens (tertiary/aromatic N) is 1. The van der Waals surface area contributed by atoms with Crippen molar-refractivity contribution in [2.75, 3.05) is 19.7 Å². The molecule has 3 rings (SSSR count). The number of carbonyl (C=O) groups excluding carboxylic acids is 1. The van der Waals surface area contributed by atoms with Crippen molar-refractivity contribution in [1.82, 2.24) is 15.5 Å². The molecule has 22 heavy (non-hydrogen) atoms. The van der Waals surface area contributed by atoms with E-state index in [0.717, 1.165) is 51.8 Å². The van der Waals surface area contributed by atoms with Gasteiger partial charge in [0.25, 0.3) is 0 Å². The standard InChI is InChI=1S/C17H31N3O2/c1-13-16(9-12-22-13)18-15-7-10-20(11-8-15)17(21)19-14-5-3-2-4-6-14/h13-16,18H,2-12H2,1H3,(H,19,21). The average Bonchev–Trinajstić information content (AvgIpc) is 2.94. The second-order valence-corrected chi connectivity index (χ2v) is 7.18. The second kappa shape index (κ2) is 7.64. The highest BCUT2D eigenvalue weighted by Gasteiger charge is 2.29. The van der Waals surface area contributed by atoms with E-state index in [-0.39, 0.29) is 6.03 Å². The van der Waals surface area contributed by atoms with E-state index in [1.54, 1.807) is 0 Å². The van der Waals surface area contributed by atoms with Gasteiger partial charge in [-0.2, -0.15) is 0 Å². The van der Waals surface area contributed by atoms with E-state index in [1.807, 2.05) is 4.90 Å². The highest BCUT2D eigenvalue weighted by Crippen LogP contribution is 2.19. The van der Waals surface area contributed by atoms with Crippen molar-refractivity contribution in [1.29, 1.82) is 0 Å². The third kappa shape index (κ3) is 4.13. The van der Waals surface area contributed by atoms with Gasteiger partial charge in [0.1, 0.15) is 0 Å². The zero-order chi connectivity index (χ0) is 15.4. The summed E-state index contributed by atoms with van der Waals surface area (Å²) >= 11 is 0. The smallest absolute Gasteiger partial charge is 0.317 e. The normalized spacial score (nSPS) is 31.4. The molecule has 2 aliphatic heterocycles. The van der Waals surface area contributed by atoms with E-state index in [2.05, 4.69) is 17.6 Å². The summed E-state index contributed by atoms with van der Waals surface area (Å²) in [5.74, 6) is 0. The molecular weight excluding hydrogens is 278 g/mol. The van der Waals surface area contributed by atoms with Crippen LogP contribution >= 0.6 is 0 Å². The molecule has 126 valence electrons. The number of likely N-dealkylation sites (tertiary alicyclic amines) is 1. The first-order valence-corrected chi connectivity index (χ1v) is 9.15. The first kappa shape index (κ1) is 16.1. The number of piperidine rings is 1. The van der Waals surface area contributed by atoms with Crippen molar-refractivity contribution >= 4 is 6.03 Å². The third-order valence-electron chi connectivity index (χ3n) is 5.54. The summed E-state index contributed by atoms with van der Waals surface area (Å²) in [4.78, 5) is 14.3. The Morgan fingerprint density at radius 1 is 1.00 bits per heavy atom. The van der Waals surface area contributed by atoms with Crippen LogP contribution in [0, 0.1) is 0 Å². The maximum absolute atomic E-state index is 12.3. The van der Waals surface area contributed by atoms with Gasteiger partial charge in [-0.25, -0.2) is 4.79 Å². The number of urea groups is 1. The monoisotopic (exact) mass is 309 g/mol. The minimum atomic E-state index is 0.155. The lowest BCUT2D eigenvalue weighted by Gasteiger charge is -2.35. The topological polar surface area (TPSA) is 53.6 Å². The number of hydrogen-bond acceptors (Lipinski definition) is 3. The molecule has 1 saturated carbocycles. The molecule has 1 aliphatic carbocycles. The van der Waals surface area contributed by atoms with Crippen molar-refractivity contribution < 1.29 is 9.53 Å². The molecule has 5 heteroatoms. The molecule has 0 aromatic heterocycles. The Bertz CT molecular complexity index is 363. The van der Waals surface area contributed by atoms with Crippen LogP contribution in [0.1, 0.15) is 58.3 Å². The molecule has 0 bridgehead atoms. The molecule has 2 N–H and O–H groups in total. The van der Waals surface area contributed by atoms with Crippen LogP contribution < -0.4 is 10.6 Å². The van der Waals surface area contributed by atoms with Gasteiger partial charge in [0.05, 0.1) is 6.10 Å². The van der Waals surface area contributed by atoms with Crippen LogP contribution in [0.2, 0.25) is 0 Å². The number of nitrogens with one attached hydrogen (secondary N) is 2. The number of hydrogen-bond donors (Lipinski definition) is 2. The molecule has 0 aromatic rings. The minimum absolute atomic E-state index is 0.155. The fraction of sp³-hybridized carbons (Fsp3) is 0.941. The van der Waals surface area contributed by atoms with Crippen LogP contribution in [0.3, 0.4) is 0 Å². The van der Waals surface area contributed by atoms with Gasteiger partial charge in [-0.3, -0.25) is 0 Å². The number of ether oxygens (including phenoxy) is 1. The largest absolute Gasteiger partial charge is 0.377 e. The van der Waals surface area contributed by atoms with E-state index in [0.29, 0.717) is 24.2 Å².